The van der Waals surface area contributed by atoms with Gasteiger partial charge in [0.2, 0.25) is 0 Å². The van der Waals surface area contributed by atoms with E-state index in [0.29, 0.717) is 17.8 Å². The summed E-state index contributed by atoms with van der Waals surface area (Å²) < 4.78 is 26.6. The fourth-order valence-electron chi connectivity index (χ4n) is 2.48. The number of nitrogens with two attached hydrogens (primary N) is 1. The van der Waals surface area contributed by atoms with Crippen LogP contribution in [0.25, 0.3) is 0 Å². The topological polar surface area (TPSA) is 92.1 Å². The maximum atomic E-state index is 12.6. The smallest absolute Gasteiger partial charge is 0.267 e. The van der Waals surface area contributed by atoms with Crippen LogP contribution in [0.3, 0.4) is 0 Å². The van der Waals surface area contributed by atoms with Gasteiger partial charge < -0.3 is 5.73 Å². The molecule has 0 radical (unpaired) electrons. The number of anilines is 2. The van der Waals surface area contributed by atoms with Crippen LogP contribution < -0.4 is 10.0 Å². The Morgan fingerprint density at radius 1 is 1.47 bits per heavy atom. The number of aromatic amines is 1. The number of sulfonamides is 1. The standard InChI is InChI=1S/C12H14N4O2S/c1-8-4-9-5-10(13)2-3-12(9)16(8)19(17,18)11-6-14-15-7-11/h2-3,5-8H,4,13H2,1H3,(H,14,15). The predicted molar refractivity (Wildman–Crippen MR) is 72.3 cm³/mol. The molecule has 1 aliphatic rings. The monoisotopic (exact) mass is 278 g/mol. The van der Waals surface area contributed by atoms with E-state index >= 15 is 0 Å². The first kappa shape index (κ1) is 12.0. The normalized spacial score (nSPS) is 18.6. The molecule has 7 heteroatoms. The fraction of sp³-hybridized carbons (Fsp3) is 0.250. The third kappa shape index (κ3) is 1.77. The molecule has 0 aliphatic carbocycles. The Labute approximate surface area is 111 Å². The molecular formula is C12H14N4O2S. The first-order chi connectivity index (χ1) is 9.00. The SMILES string of the molecule is CC1Cc2cc(N)ccc2N1S(=O)(=O)c1cn[nH]c1. The molecule has 0 spiro atoms. The molecule has 0 amide bonds. The van der Waals surface area contributed by atoms with Crippen molar-refractivity contribution in [3.63, 3.8) is 0 Å². The lowest BCUT2D eigenvalue weighted by atomic mass is 10.1. The Morgan fingerprint density at radius 2 is 2.26 bits per heavy atom. The van der Waals surface area contributed by atoms with E-state index in [1.807, 2.05) is 13.0 Å². The van der Waals surface area contributed by atoms with Gasteiger partial charge in [-0.05, 0) is 37.1 Å². The first-order valence-corrected chi connectivity index (χ1v) is 7.36. The summed E-state index contributed by atoms with van der Waals surface area (Å²) >= 11 is 0. The molecule has 2 heterocycles. The van der Waals surface area contributed by atoms with Crippen LogP contribution in [0.4, 0.5) is 11.4 Å². The zero-order valence-corrected chi connectivity index (χ0v) is 11.2. The minimum atomic E-state index is -3.57. The molecule has 19 heavy (non-hydrogen) atoms. The zero-order chi connectivity index (χ0) is 13.6. The van der Waals surface area contributed by atoms with Crippen molar-refractivity contribution in [2.45, 2.75) is 24.3 Å². The molecule has 6 nitrogen and oxygen atoms in total. The van der Waals surface area contributed by atoms with E-state index < -0.39 is 10.0 Å². The van der Waals surface area contributed by atoms with Crippen LogP contribution in [0, 0.1) is 0 Å². The van der Waals surface area contributed by atoms with Crippen LogP contribution in [0.1, 0.15) is 12.5 Å². The van der Waals surface area contributed by atoms with Crippen LogP contribution in [0.5, 0.6) is 0 Å². The largest absolute Gasteiger partial charge is 0.399 e. The lowest BCUT2D eigenvalue weighted by molar-refractivity contribution is 0.584. The van der Waals surface area contributed by atoms with Crippen molar-refractivity contribution in [2.75, 3.05) is 10.0 Å². The average Bonchev–Trinajstić information content (AvgIpc) is 2.94. The summed E-state index contributed by atoms with van der Waals surface area (Å²) in [5.41, 5.74) is 8.04. The first-order valence-electron chi connectivity index (χ1n) is 5.92. The Hall–Kier alpha value is -2.02. The molecular weight excluding hydrogens is 264 g/mol. The maximum absolute atomic E-state index is 12.6. The highest BCUT2D eigenvalue weighted by molar-refractivity contribution is 7.92. The number of hydrogen-bond donors (Lipinski definition) is 2. The minimum absolute atomic E-state index is 0.128. The number of nitrogen functional groups attached to an aromatic ring is 1. The maximum Gasteiger partial charge on any atom is 0.267 e. The molecule has 100 valence electrons. The van der Waals surface area contributed by atoms with E-state index in [1.54, 1.807) is 12.1 Å². The van der Waals surface area contributed by atoms with Gasteiger partial charge in [-0.1, -0.05) is 0 Å². The molecule has 2 aromatic rings. The van der Waals surface area contributed by atoms with Gasteiger partial charge in [0.15, 0.2) is 0 Å². The quantitative estimate of drug-likeness (QED) is 0.805. The van der Waals surface area contributed by atoms with Crippen molar-refractivity contribution in [1.29, 1.82) is 0 Å². The van der Waals surface area contributed by atoms with E-state index in [1.165, 1.54) is 16.7 Å². The molecule has 1 atom stereocenters. The molecule has 3 N–H and O–H groups in total. The Kier molecular flexibility index (Phi) is 2.53. The molecule has 0 bridgehead atoms. The lowest BCUT2D eigenvalue weighted by Gasteiger charge is -2.23. The van der Waals surface area contributed by atoms with Crippen molar-refractivity contribution in [3.8, 4) is 0 Å². The summed E-state index contributed by atoms with van der Waals surface area (Å²) in [4.78, 5) is 0.170. The molecule has 1 aromatic heterocycles. The summed E-state index contributed by atoms with van der Waals surface area (Å²) in [6, 6.07) is 5.17. The Morgan fingerprint density at radius 3 is 2.95 bits per heavy atom. The van der Waals surface area contributed by atoms with Crippen molar-refractivity contribution in [1.82, 2.24) is 10.2 Å². The van der Waals surface area contributed by atoms with Crippen molar-refractivity contribution in [2.24, 2.45) is 0 Å². The van der Waals surface area contributed by atoms with Crippen LogP contribution in [0.15, 0.2) is 35.5 Å². The highest BCUT2D eigenvalue weighted by Gasteiger charge is 2.36. The number of benzene rings is 1. The minimum Gasteiger partial charge on any atom is -0.399 e. The summed E-state index contributed by atoms with van der Waals surface area (Å²) in [6.07, 6.45) is 3.37. The van der Waals surface area contributed by atoms with E-state index in [-0.39, 0.29) is 10.9 Å². The number of nitrogens with zero attached hydrogens (tertiary/aromatic N) is 2. The van der Waals surface area contributed by atoms with Gasteiger partial charge in [0.05, 0.1) is 11.9 Å². The van der Waals surface area contributed by atoms with E-state index in [4.69, 9.17) is 5.73 Å². The van der Waals surface area contributed by atoms with Gasteiger partial charge in [-0.15, -0.1) is 0 Å². The van der Waals surface area contributed by atoms with Crippen molar-refractivity contribution in [3.05, 3.63) is 36.2 Å². The molecule has 1 aromatic carbocycles. The highest BCUT2D eigenvalue weighted by atomic mass is 32.2. The molecule has 1 unspecified atom stereocenters. The summed E-state index contributed by atoms with van der Waals surface area (Å²) in [5, 5.41) is 6.24. The number of hydrogen-bond acceptors (Lipinski definition) is 4. The van der Waals surface area contributed by atoms with Crippen LogP contribution in [-0.2, 0) is 16.4 Å². The van der Waals surface area contributed by atoms with E-state index in [0.717, 1.165) is 5.56 Å². The molecule has 3 rings (SSSR count). The summed E-state index contributed by atoms with van der Waals surface area (Å²) in [7, 11) is -3.57. The second kappa shape index (κ2) is 3.99. The van der Waals surface area contributed by atoms with Gasteiger partial charge in [-0.25, -0.2) is 8.42 Å². The van der Waals surface area contributed by atoms with Crippen LogP contribution >= 0.6 is 0 Å². The molecule has 0 fully saturated rings. The van der Waals surface area contributed by atoms with Crippen LogP contribution in [-0.4, -0.2) is 24.7 Å². The van der Waals surface area contributed by atoms with Crippen LogP contribution in [0.2, 0.25) is 0 Å². The Balaban J connectivity index is 2.13. The van der Waals surface area contributed by atoms with Gasteiger partial charge in [0.25, 0.3) is 10.0 Å². The second-order valence-electron chi connectivity index (χ2n) is 4.68. The second-order valence-corrected chi connectivity index (χ2v) is 6.49. The zero-order valence-electron chi connectivity index (χ0n) is 10.4. The third-order valence-electron chi connectivity index (χ3n) is 3.29. The van der Waals surface area contributed by atoms with Gasteiger partial charge in [0, 0.05) is 17.9 Å². The van der Waals surface area contributed by atoms with Gasteiger partial charge in [-0.3, -0.25) is 9.40 Å². The number of nitrogens with one attached hydrogen (secondary N) is 1. The highest BCUT2D eigenvalue weighted by Crippen LogP contribution is 2.37. The lowest BCUT2D eigenvalue weighted by Crippen LogP contribution is -2.35. The summed E-state index contributed by atoms with van der Waals surface area (Å²) in [6.45, 7) is 1.88. The number of rotatable bonds is 2. The van der Waals surface area contributed by atoms with Crippen molar-refractivity contribution < 1.29 is 8.42 Å². The molecule has 0 saturated heterocycles. The fourth-order valence-corrected chi connectivity index (χ4v) is 4.08. The number of aromatic nitrogens is 2. The predicted octanol–water partition coefficient (Wildman–Crippen LogP) is 1.13. The molecule has 0 saturated carbocycles. The van der Waals surface area contributed by atoms with E-state index in [9.17, 15) is 8.42 Å². The number of fused-ring (bicyclic) bond motifs is 1. The van der Waals surface area contributed by atoms with E-state index in [2.05, 4.69) is 10.2 Å². The Bertz CT molecular complexity index is 709. The van der Waals surface area contributed by atoms with Crippen molar-refractivity contribution >= 4 is 21.4 Å². The summed E-state index contributed by atoms with van der Waals surface area (Å²) in [5.74, 6) is 0. The molecule has 1 aliphatic heterocycles. The third-order valence-corrected chi connectivity index (χ3v) is 5.18. The van der Waals surface area contributed by atoms with Gasteiger partial charge >= 0.3 is 0 Å². The van der Waals surface area contributed by atoms with Gasteiger partial charge in [0.1, 0.15) is 4.90 Å². The number of H-pyrrole nitrogens is 1. The average molecular weight is 278 g/mol. The van der Waals surface area contributed by atoms with Gasteiger partial charge in [-0.2, -0.15) is 5.10 Å².